The third-order valence-electron chi connectivity index (χ3n) is 4.13. The number of β-amino-alcohol motifs (C(OH)–C–C–N with tert-alkyl or cyclic N) is 1. The van der Waals surface area contributed by atoms with Gasteiger partial charge in [0.2, 0.25) is 0 Å². The smallest absolute Gasteiger partial charge is 0.275 e. The molecule has 2 N–H and O–H groups in total. The number of hydrogen-bond acceptors (Lipinski definition) is 6. The highest BCUT2D eigenvalue weighted by Crippen LogP contribution is 2.30. The average molecular weight is 371 g/mol. The zero-order chi connectivity index (χ0) is 17.2. The fourth-order valence-electron chi connectivity index (χ4n) is 2.89. The van der Waals surface area contributed by atoms with Crippen LogP contribution in [0.4, 0.5) is 11.4 Å². The molecule has 1 amide bonds. The second kappa shape index (κ2) is 6.95. The lowest BCUT2D eigenvalue weighted by Gasteiger charge is -2.21. The van der Waals surface area contributed by atoms with Crippen molar-refractivity contribution in [2.45, 2.75) is 12.5 Å². The number of thiazole rings is 1. The number of anilines is 2. The van der Waals surface area contributed by atoms with Gasteiger partial charge in [-0.05, 0) is 30.0 Å². The number of nitrogens with zero attached hydrogens (tertiary/aromatic N) is 2. The fraction of sp³-hybridized carbons (Fsp3) is 0.222. The highest BCUT2D eigenvalue weighted by molar-refractivity contribution is 7.20. The number of aliphatic hydroxyl groups is 1. The van der Waals surface area contributed by atoms with E-state index in [4.69, 9.17) is 0 Å². The summed E-state index contributed by atoms with van der Waals surface area (Å²) in [7, 11) is 0. The molecule has 128 valence electrons. The number of amides is 1. The fourth-order valence-corrected chi connectivity index (χ4v) is 4.51. The number of benzene rings is 1. The molecule has 0 bridgehead atoms. The van der Waals surface area contributed by atoms with Gasteiger partial charge in [0.05, 0.1) is 22.4 Å². The van der Waals surface area contributed by atoms with Gasteiger partial charge in [0.1, 0.15) is 10.7 Å². The molecule has 1 aliphatic rings. The van der Waals surface area contributed by atoms with Crippen molar-refractivity contribution in [1.29, 1.82) is 0 Å². The Balaban J connectivity index is 1.53. The average Bonchev–Trinajstić information content (AvgIpc) is 3.36. The van der Waals surface area contributed by atoms with Gasteiger partial charge in [-0.1, -0.05) is 18.2 Å². The van der Waals surface area contributed by atoms with Gasteiger partial charge in [0.15, 0.2) is 0 Å². The molecule has 4 rings (SSSR count). The molecule has 1 saturated heterocycles. The van der Waals surface area contributed by atoms with E-state index in [-0.39, 0.29) is 12.0 Å². The zero-order valence-electron chi connectivity index (χ0n) is 13.4. The van der Waals surface area contributed by atoms with Crippen LogP contribution in [0, 0.1) is 0 Å². The van der Waals surface area contributed by atoms with Crippen LogP contribution in [0.1, 0.15) is 16.9 Å². The molecule has 0 spiro atoms. The summed E-state index contributed by atoms with van der Waals surface area (Å²) >= 11 is 3.08. The van der Waals surface area contributed by atoms with Crippen LogP contribution in [0.5, 0.6) is 0 Å². The summed E-state index contributed by atoms with van der Waals surface area (Å²) in [5.74, 6) is -0.216. The standard InChI is InChI=1S/C18H17N3O2S2/c22-12-7-8-21(10-12)15-5-2-1-4-13(15)19-17(23)14-11-25-18(20-14)16-6-3-9-24-16/h1-6,9,11-12,22H,7-8,10H2,(H,19,23)/t12-/m0/s1. The van der Waals surface area contributed by atoms with Crippen molar-refractivity contribution in [3.8, 4) is 9.88 Å². The normalized spacial score (nSPS) is 17.0. The highest BCUT2D eigenvalue weighted by atomic mass is 32.1. The monoisotopic (exact) mass is 371 g/mol. The molecule has 0 saturated carbocycles. The van der Waals surface area contributed by atoms with Crippen LogP contribution in [-0.4, -0.2) is 35.2 Å². The van der Waals surface area contributed by atoms with Gasteiger partial charge >= 0.3 is 0 Å². The van der Waals surface area contributed by atoms with E-state index in [1.165, 1.54) is 11.3 Å². The molecule has 25 heavy (non-hydrogen) atoms. The Hall–Kier alpha value is -2.22. The number of aromatic nitrogens is 1. The number of para-hydroxylation sites is 2. The second-order valence-corrected chi connectivity index (χ2v) is 7.68. The first-order chi connectivity index (χ1) is 12.2. The molecular formula is C18H17N3O2S2. The molecule has 5 nitrogen and oxygen atoms in total. The van der Waals surface area contributed by atoms with Crippen LogP contribution < -0.4 is 10.2 Å². The molecule has 2 aromatic heterocycles. The first kappa shape index (κ1) is 16.3. The summed E-state index contributed by atoms with van der Waals surface area (Å²) in [5.41, 5.74) is 2.10. The minimum atomic E-state index is -0.310. The first-order valence-corrected chi connectivity index (χ1v) is 9.79. The lowest BCUT2D eigenvalue weighted by atomic mass is 10.2. The molecule has 0 aliphatic carbocycles. The third kappa shape index (κ3) is 3.44. The van der Waals surface area contributed by atoms with Crippen LogP contribution in [0.2, 0.25) is 0 Å². The maximum absolute atomic E-state index is 12.6. The quantitative estimate of drug-likeness (QED) is 0.734. The lowest BCUT2D eigenvalue weighted by molar-refractivity contribution is 0.102. The summed E-state index contributed by atoms with van der Waals surface area (Å²) in [5, 5.41) is 17.4. The highest BCUT2D eigenvalue weighted by Gasteiger charge is 2.23. The van der Waals surface area contributed by atoms with Crippen molar-refractivity contribution < 1.29 is 9.90 Å². The van der Waals surface area contributed by atoms with Crippen molar-refractivity contribution in [3.63, 3.8) is 0 Å². The van der Waals surface area contributed by atoms with Crippen molar-refractivity contribution in [1.82, 2.24) is 4.98 Å². The van der Waals surface area contributed by atoms with Gasteiger partial charge in [-0.15, -0.1) is 22.7 Å². The predicted molar refractivity (Wildman–Crippen MR) is 103 cm³/mol. The predicted octanol–water partition coefficient (Wildman–Crippen LogP) is 3.69. The van der Waals surface area contributed by atoms with Crippen LogP contribution in [0.15, 0.2) is 47.2 Å². The van der Waals surface area contributed by atoms with Crippen molar-refractivity contribution in [2.75, 3.05) is 23.3 Å². The third-order valence-corrected chi connectivity index (χ3v) is 6.01. The van der Waals surface area contributed by atoms with E-state index in [1.807, 2.05) is 41.8 Å². The van der Waals surface area contributed by atoms with Crippen LogP contribution in [0.3, 0.4) is 0 Å². The molecule has 1 fully saturated rings. The van der Waals surface area contributed by atoms with E-state index < -0.39 is 0 Å². The van der Waals surface area contributed by atoms with Crippen LogP contribution >= 0.6 is 22.7 Å². The van der Waals surface area contributed by atoms with Gasteiger partial charge in [-0.25, -0.2) is 4.98 Å². The number of carbonyl (C=O) groups is 1. The molecule has 7 heteroatoms. The molecule has 3 heterocycles. The summed E-state index contributed by atoms with van der Waals surface area (Å²) in [4.78, 5) is 20.2. The van der Waals surface area contributed by atoms with Gasteiger partial charge in [-0.2, -0.15) is 0 Å². The van der Waals surface area contributed by atoms with E-state index in [2.05, 4.69) is 15.2 Å². The Morgan fingerprint density at radius 1 is 1.24 bits per heavy atom. The Morgan fingerprint density at radius 3 is 2.88 bits per heavy atom. The van der Waals surface area contributed by atoms with Gasteiger partial charge in [0.25, 0.3) is 5.91 Å². The molecule has 0 radical (unpaired) electrons. The largest absolute Gasteiger partial charge is 0.391 e. The van der Waals surface area contributed by atoms with Gasteiger partial charge in [0, 0.05) is 18.5 Å². The Bertz CT molecular complexity index is 876. The zero-order valence-corrected chi connectivity index (χ0v) is 15.0. The van der Waals surface area contributed by atoms with Crippen LogP contribution in [0.25, 0.3) is 9.88 Å². The molecule has 1 aromatic carbocycles. The number of aliphatic hydroxyl groups excluding tert-OH is 1. The van der Waals surface area contributed by atoms with E-state index >= 15 is 0 Å². The Labute approximate surface area is 153 Å². The van der Waals surface area contributed by atoms with E-state index in [9.17, 15) is 9.90 Å². The molecule has 1 aliphatic heterocycles. The van der Waals surface area contributed by atoms with Gasteiger partial charge < -0.3 is 15.3 Å². The summed E-state index contributed by atoms with van der Waals surface area (Å²) in [6, 6.07) is 11.6. The number of nitrogens with one attached hydrogen (secondary N) is 1. The minimum Gasteiger partial charge on any atom is -0.391 e. The number of rotatable bonds is 4. The molecule has 0 unspecified atom stereocenters. The maximum atomic E-state index is 12.6. The molecular weight excluding hydrogens is 354 g/mol. The molecule has 1 atom stereocenters. The Morgan fingerprint density at radius 2 is 2.12 bits per heavy atom. The maximum Gasteiger partial charge on any atom is 0.275 e. The van der Waals surface area contributed by atoms with E-state index in [1.54, 1.807) is 16.7 Å². The molecule has 3 aromatic rings. The van der Waals surface area contributed by atoms with Gasteiger partial charge in [-0.3, -0.25) is 4.79 Å². The van der Waals surface area contributed by atoms with E-state index in [0.717, 1.165) is 34.2 Å². The second-order valence-electron chi connectivity index (χ2n) is 5.87. The van der Waals surface area contributed by atoms with E-state index in [0.29, 0.717) is 12.2 Å². The Kier molecular flexibility index (Phi) is 4.52. The summed E-state index contributed by atoms with van der Waals surface area (Å²) < 4.78 is 0. The van der Waals surface area contributed by atoms with Crippen molar-refractivity contribution in [2.24, 2.45) is 0 Å². The van der Waals surface area contributed by atoms with Crippen LogP contribution in [-0.2, 0) is 0 Å². The topological polar surface area (TPSA) is 65.5 Å². The SMILES string of the molecule is O=C(Nc1ccccc1N1CC[C@H](O)C1)c1csc(-c2cccs2)n1. The van der Waals surface area contributed by atoms with Crippen molar-refractivity contribution in [3.05, 3.63) is 52.9 Å². The number of thiophene rings is 1. The summed E-state index contributed by atoms with van der Waals surface area (Å²) in [6.45, 7) is 1.37. The van der Waals surface area contributed by atoms with Crippen molar-refractivity contribution >= 4 is 40.0 Å². The summed E-state index contributed by atoms with van der Waals surface area (Å²) in [6.07, 6.45) is 0.439. The lowest BCUT2D eigenvalue weighted by Crippen LogP contribution is -2.23. The first-order valence-electron chi connectivity index (χ1n) is 8.03. The minimum absolute atomic E-state index is 0.216. The number of hydrogen-bond donors (Lipinski definition) is 2. The number of carbonyl (C=O) groups excluding carboxylic acids is 1.